The number of anilines is 1. The van der Waals surface area contributed by atoms with E-state index in [2.05, 4.69) is 12.2 Å². The molecule has 3 aromatic rings. The molecule has 0 saturated heterocycles. The Bertz CT molecular complexity index is 1320. The van der Waals surface area contributed by atoms with Crippen LogP contribution >= 0.6 is 0 Å². The van der Waals surface area contributed by atoms with Gasteiger partial charge in [-0.1, -0.05) is 13.0 Å². The topological polar surface area (TPSA) is 93.0 Å². The summed E-state index contributed by atoms with van der Waals surface area (Å²) in [5, 5.41) is 23.0. The lowest BCUT2D eigenvalue weighted by Crippen LogP contribution is -2.28. The molecule has 2 fully saturated rings. The van der Waals surface area contributed by atoms with E-state index < -0.39 is 17.3 Å². The average molecular weight is 473 g/mol. The molecule has 6 rings (SSSR count). The molecule has 8 heteroatoms. The number of hydrogen-bond acceptors (Lipinski definition) is 5. The summed E-state index contributed by atoms with van der Waals surface area (Å²) in [4.78, 5) is 13.3. The molecule has 3 aliphatic rings. The van der Waals surface area contributed by atoms with Crippen molar-refractivity contribution in [3.05, 3.63) is 53.5 Å². The Balaban J connectivity index is 0.00000127. The van der Waals surface area contributed by atoms with Gasteiger partial charge in [0.2, 0.25) is 12.7 Å². The highest BCUT2D eigenvalue weighted by Gasteiger charge is 2.52. The lowest BCUT2D eigenvalue weighted by Gasteiger charge is -2.18. The van der Waals surface area contributed by atoms with Crippen LogP contribution in [0, 0.1) is 5.82 Å². The summed E-state index contributed by atoms with van der Waals surface area (Å²) in [6.45, 7) is 2.13. The van der Waals surface area contributed by atoms with Gasteiger partial charge in [-0.15, -0.1) is 0 Å². The summed E-state index contributed by atoms with van der Waals surface area (Å²) in [6.07, 6.45) is 2.46. The van der Waals surface area contributed by atoms with Crippen LogP contribution in [0.3, 0.4) is 0 Å². The number of benzene rings is 2. The second-order valence-corrected chi connectivity index (χ2v) is 10.0. The van der Waals surface area contributed by atoms with Gasteiger partial charge >= 0.3 is 0 Å². The number of fused-ring (bicyclic) bond motifs is 2. The highest BCUT2D eigenvalue weighted by Crippen LogP contribution is 2.52. The fraction of sp³-hybridized carbons (Fsp3) is 0.423. The van der Waals surface area contributed by atoms with Crippen LogP contribution in [0.1, 0.15) is 48.1 Å². The van der Waals surface area contributed by atoms with Gasteiger partial charge in [0, 0.05) is 26.8 Å². The summed E-state index contributed by atoms with van der Waals surface area (Å²) in [7, 11) is 0. The molecule has 1 aromatic heterocycles. The third-order valence-corrected chi connectivity index (χ3v) is 7.57. The van der Waals surface area contributed by atoms with Gasteiger partial charge in [0.25, 0.3) is 0 Å². The molecule has 7 nitrogen and oxygen atoms in total. The molecule has 0 spiro atoms. The van der Waals surface area contributed by atoms with E-state index in [-0.39, 0.29) is 41.2 Å². The number of amides is 1. The smallest absolute Gasteiger partial charge is 0.235 e. The summed E-state index contributed by atoms with van der Waals surface area (Å²) in [5.41, 5.74) is 1.90. The van der Waals surface area contributed by atoms with Gasteiger partial charge in [-0.05, 0) is 55.5 Å². The molecule has 1 aliphatic heterocycles. The van der Waals surface area contributed by atoms with Gasteiger partial charge in [-0.2, -0.15) is 0 Å². The fourth-order valence-corrected chi connectivity index (χ4v) is 5.00. The second kappa shape index (κ2) is 7.45. The molecule has 2 heterocycles. The van der Waals surface area contributed by atoms with Gasteiger partial charge in [0.05, 0.1) is 35.9 Å². The zero-order valence-electron chi connectivity index (χ0n) is 18.9. The van der Waals surface area contributed by atoms with Crippen molar-refractivity contribution in [2.24, 2.45) is 0 Å². The van der Waals surface area contributed by atoms with Crippen LogP contribution in [-0.4, -0.2) is 40.2 Å². The maximum absolute atomic E-state index is 15.2. The van der Waals surface area contributed by atoms with Gasteiger partial charge in [0.15, 0.2) is 11.5 Å². The number of ether oxygens (including phenoxy) is 2. The van der Waals surface area contributed by atoms with Gasteiger partial charge in [-0.25, -0.2) is 4.39 Å². The minimum atomic E-state index is -0.935. The second-order valence-electron chi connectivity index (χ2n) is 10.0. The van der Waals surface area contributed by atoms with Crippen molar-refractivity contribution in [2.75, 3.05) is 18.7 Å². The van der Waals surface area contributed by atoms with Crippen molar-refractivity contribution in [1.29, 1.82) is 0 Å². The normalized spacial score (nSPS) is 19.8. The lowest BCUT2D eigenvalue weighted by atomic mass is 9.94. The van der Waals surface area contributed by atoms with Crippen molar-refractivity contribution in [3.63, 3.8) is 0 Å². The Morgan fingerprint density at radius 2 is 1.94 bits per heavy atom. The Morgan fingerprint density at radius 1 is 1.18 bits per heavy atom. The number of nitrogens with one attached hydrogen (secondary N) is 1. The van der Waals surface area contributed by atoms with E-state index in [1.165, 1.54) is 6.07 Å². The minimum absolute atomic E-state index is 0. The third kappa shape index (κ3) is 3.35. The number of carbonyl (C=O) groups excluding carboxylic acids is 1. The number of aliphatic hydroxyl groups excluding tert-OH is 2. The molecule has 0 unspecified atom stereocenters. The van der Waals surface area contributed by atoms with Crippen molar-refractivity contribution < 1.29 is 33.2 Å². The minimum Gasteiger partial charge on any atom is -0.454 e. The molecule has 1 atom stereocenters. The molecule has 34 heavy (non-hydrogen) atoms. The molecule has 1 amide bonds. The SMILES string of the molecule is CC1(c2cc3cc(NC(=O)C4(c5ccc6c(c5)OCO6)CC4)c(F)cc3n2C[C@H](O)CO)CC1.[HH].[HH].[HH]. The molecular weight excluding hydrogens is 439 g/mol. The number of aromatic nitrogens is 1. The lowest BCUT2D eigenvalue weighted by molar-refractivity contribution is -0.118. The zero-order valence-corrected chi connectivity index (χ0v) is 18.9. The van der Waals surface area contributed by atoms with E-state index in [9.17, 15) is 15.0 Å². The largest absolute Gasteiger partial charge is 0.454 e. The number of carbonyl (C=O) groups is 1. The molecule has 3 N–H and O–H groups in total. The third-order valence-electron chi connectivity index (χ3n) is 7.57. The van der Waals surface area contributed by atoms with Crippen LogP contribution in [0.25, 0.3) is 10.9 Å². The van der Waals surface area contributed by atoms with Gasteiger partial charge < -0.3 is 29.6 Å². The predicted octanol–water partition coefficient (Wildman–Crippen LogP) is 4.32. The number of hydrogen-bond donors (Lipinski definition) is 3. The maximum atomic E-state index is 15.2. The predicted molar refractivity (Wildman–Crippen MR) is 130 cm³/mol. The van der Waals surface area contributed by atoms with Crippen LogP contribution in [0.4, 0.5) is 10.1 Å². The first-order valence-electron chi connectivity index (χ1n) is 11.7. The van der Waals surface area contributed by atoms with E-state index in [0.717, 1.165) is 29.5 Å². The van der Waals surface area contributed by atoms with E-state index in [0.29, 0.717) is 29.9 Å². The summed E-state index contributed by atoms with van der Waals surface area (Å²) >= 11 is 0. The zero-order chi connectivity index (χ0) is 23.7. The molecule has 184 valence electrons. The summed E-state index contributed by atoms with van der Waals surface area (Å²) in [6, 6.07) is 10.6. The van der Waals surface area contributed by atoms with Crippen LogP contribution in [0.2, 0.25) is 0 Å². The molecule has 2 saturated carbocycles. The van der Waals surface area contributed by atoms with Crippen molar-refractivity contribution in [1.82, 2.24) is 4.57 Å². The van der Waals surface area contributed by atoms with Gasteiger partial charge in [0.1, 0.15) is 5.82 Å². The highest BCUT2D eigenvalue weighted by atomic mass is 19.1. The Hall–Kier alpha value is -3.10. The van der Waals surface area contributed by atoms with E-state index in [1.54, 1.807) is 12.1 Å². The van der Waals surface area contributed by atoms with Crippen LogP contribution in [-0.2, 0) is 22.2 Å². The number of rotatable bonds is 7. The molecule has 2 aliphatic carbocycles. The Labute approximate surface area is 200 Å². The summed E-state index contributed by atoms with van der Waals surface area (Å²) < 4.78 is 27.9. The van der Waals surface area contributed by atoms with E-state index in [4.69, 9.17) is 9.47 Å². The number of nitrogens with zero attached hydrogens (tertiary/aromatic N) is 1. The average Bonchev–Trinajstić information content (AvgIpc) is 3.71. The molecule has 2 aromatic carbocycles. The quantitative estimate of drug-likeness (QED) is 0.476. The Kier molecular flexibility index (Phi) is 4.70. The maximum Gasteiger partial charge on any atom is 0.235 e. The fourth-order valence-electron chi connectivity index (χ4n) is 5.00. The summed E-state index contributed by atoms with van der Waals surface area (Å²) in [5.74, 6) is 0.505. The molecule has 0 bridgehead atoms. The van der Waals surface area contributed by atoms with Gasteiger partial charge in [-0.3, -0.25) is 4.79 Å². The van der Waals surface area contributed by atoms with Crippen LogP contribution < -0.4 is 14.8 Å². The van der Waals surface area contributed by atoms with Crippen molar-refractivity contribution in [2.45, 2.75) is 56.1 Å². The van der Waals surface area contributed by atoms with Crippen molar-refractivity contribution in [3.8, 4) is 11.5 Å². The highest BCUT2D eigenvalue weighted by molar-refractivity contribution is 6.03. The van der Waals surface area contributed by atoms with Crippen molar-refractivity contribution >= 4 is 22.5 Å². The Morgan fingerprint density at radius 3 is 2.65 bits per heavy atom. The first-order chi connectivity index (χ1) is 16.3. The first-order valence-corrected chi connectivity index (χ1v) is 11.7. The van der Waals surface area contributed by atoms with Crippen LogP contribution in [0.15, 0.2) is 36.4 Å². The standard InChI is InChI=1S/C26H27FN2O5.3H2/c1-25(4-5-25)23-9-15-8-19(18(27)11-20(15)29(23)12-17(31)13-30)28-24(32)26(6-7-26)16-2-3-21-22(10-16)34-14-33-21;;;/h2-3,8-11,17,30-31H,4-7,12-14H2,1H3,(H,28,32);3*1H/t17-;;;/m0.../s1. The number of aliphatic hydroxyl groups is 2. The molecule has 0 radical (unpaired) electrons. The van der Waals surface area contributed by atoms with Crippen LogP contribution in [0.5, 0.6) is 11.5 Å². The van der Waals surface area contributed by atoms with E-state index >= 15 is 4.39 Å². The number of halogens is 1. The molecular formula is C26H33FN2O5. The monoisotopic (exact) mass is 472 g/mol. The first kappa shape index (κ1) is 21.4. The van der Waals surface area contributed by atoms with E-state index in [1.807, 2.05) is 22.8 Å².